The van der Waals surface area contributed by atoms with Gasteiger partial charge in [0.05, 0.1) is 26.4 Å². The number of rotatable bonds is 5. The molecule has 3 heterocycles. The normalized spacial score (nSPS) is 16.1. The van der Waals surface area contributed by atoms with Gasteiger partial charge in [-0.15, -0.1) is 0 Å². The number of nitrogens with zero attached hydrogens (tertiary/aromatic N) is 4. The largest absolute Gasteiger partial charge is 0.378 e. The highest BCUT2D eigenvalue weighted by Gasteiger charge is 2.16. The summed E-state index contributed by atoms with van der Waals surface area (Å²) in [4.78, 5) is 26.3. The molecule has 2 aliphatic rings. The van der Waals surface area contributed by atoms with Crippen LogP contribution in [0.5, 0.6) is 0 Å². The highest BCUT2D eigenvalue weighted by atomic mass is 16.5. The van der Waals surface area contributed by atoms with Crippen LogP contribution in [0.4, 0.5) is 27.7 Å². The van der Waals surface area contributed by atoms with Crippen LogP contribution < -0.4 is 20.4 Å². The third-order valence-corrected chi connectivity index (χ3v) is 6.16. The Morgan fingerprint density at radius 3 is 1.94 bits per heavy atom. The van der Waals surface area contributed by atoms with Gasteiger partial charge in [0.1, 0.15) is 5.82 Å². The van der Waals surface area contributed by atoms with Crippen molar-refractivity contribution in [1.82, 2.24) is 9.97 Å². The van der Waals surface area contributed by atoms with Crippen LogP contribution in [0.15, 0.2) is 54.7 Å². The molecular formula is C26H30N6O3. The second-order valence-electron chi connectivity index (χ2n) is 8.60. The van der Waals surface area contributed by atoms with Gasteiger partial charge >= 0.3 is 6.03 Å². The van der Waals surface area contributed by atoms with Gasteiger partial charge in [-0.25, -0.2) is 14.8 Å². The van der Waals surface area contributed by atoms with E-state index >= 15 is 0 Å². The number of aryl methyl sites for hydroxylation is 1. The first-order valence-corrected chi connectivity index (χ1v) is 11.9. The van der Waals surface area contributed by atoms with Gasteiger partial charge < -0.3 is 29.9 Å². The quantitative estimate of drug-likeness (QED) is 0.582. The Morgan fingerprint density at radius 2 is 1.34 bits per heavy atom. The minimum atomic E-state index is -0.293. The molecule has 0 saturated carbocycles. The zero-order chi connectivity index (χ0) is 24.0. The van der Waals surface area contributed by atoms with Gasteiger partial charge in [-0.2, -0.15) is 0 Å². The molecule has 2 aromatic carbocycles. The summed E-state index contributed by atoms with van der Waals surface area (Å²) in [6, 6.07) is 15.1. The van der Waals surface area contributed by atoms with Crippen molar-refractivity contribution in [3.63, 3.8) is 0 Å². The van der Waals surface area contributed by atoms with E-state index in [0.29, 0.717) is 24.7 Å². The molecule has 0 radical (unpaired) electrons. The highest BCUT2D eigenvalue weighted by Crippen LogP contribution is 2.24. The van der Waals surface area contributed by atoms with E-state index in [1.54, 1.807) is 0 Å². The average molecular weight is 475 g/mol. The average Bonchev–Trinajstić information content (AvgIpc) is 2.91. The molecular weight excluding hydrogens is 444 g/mol. The minimum Gasteiger partial charge on any atom is -0.378 e. The van der Waals surface area contributed by atoms with Crippen LogP contribution in [0, 0.1) is 6.92 Å². The molecule has 2 N–H and O–H groups in total. The molecule has 9 nitrogen and oxygen atoms in total. The van der Waals surface area contributed by atoms with E-state index in [1.807, 2.05) is 61.7 Å². The number of hydrogen-bond acceptors (Lipinski definition) is 7. The van der Waals surface area contributed by atoms with E-state index in [9.17, 15) is 4.79 Å². The van der Waals surface area contributed by atoms with Crippen LogP contribution >= 0.6 is 0 Å². The first-order valence-electron chi connectivity index (χ1n) is 11.9. The summed E-state index contributed by atoms with van der Waals surface area (Å²) in [5.74, 6) is 1.60. The maximum atomic E-state index is 12.5. The van der Waals surface area contributed by atoms with Crippen LogP contribution in [-0.4, -0.2) is 68.6 Å². The summed E-state index contributed by atoms with van der Waals surface area (Å²) >= 11 is 0. The first kappa shape index (κ1) is 23.1. The zero-order valence-corrected chi connectivity index (χ0v) is 19.9. The number of morpholine rings is 2. The number of carbonyl (C=O) groups excluding carboxylic acids is 1. The molecule has 35 heavy (non-hydrogen) atoms. The second kappa shape index (κ2) is 10.7. The lowest BCUT2D eigenvalue weighted by atomic mass is 10.2. The molecule has 2 fully saturated rings. The summed E-state index contributed by atoms with van der Waals surface area (Å²) in [6.07, 6.45) is 1.86. The molecule has 0 bridgehead atoms. The lowest BCUT2D eigenvalue weighted by molar-refractivity contribution is 0.122. The monoisotopic (exact) mass is 474 g/mol. The Hall–Kier alpha value is -3.69. The zero-order valence-electron chi connectivity index (χ0n) is 19.9. The molecule has 2 saturated heterocycles. The van der Waals surface area contributed by atoms with Crippen molar-refractivity contribution in [1.29, 1.82) is 0 Å². The predicted molar refractivity (Wildman–Crippen MR) is 137 cm³/mol. The summed E-state index contributed by atoms with van der Waals surface area (Å²) in [6.45, 7) is 8.33. The Kier molecular flexibility index (Phi) is 7.06. The van der Waals surface area contributed by atoms with Crippen molar-refractivity contribution in [3.8, 4) is 11.4 Å². The number of carbonyl (C=O) groups is 1. The van der Waals surface area contributed by atoms with Crippen molar-refractivity contribution in [2.45, 2.75) is 6.92 Å². The van der Waals surface area contributed by atoms with Gasteiger partial charge in [-0.3, -0.25) is 0 Å². The molecule has 0 spiro atoms. The number of amides is 2. The molecule has 1 aromatic heterocycles. The predicted octanol–water partition coefficient (Wildman–Crippen LogP) is 3.77. The fourth-order valence-corrected chi connectivity index (χ4v) is 4.24. The third-order valence-electron chi connectivity index (χ3n) is 6.16. The summed E-state index contributed by atoms with van der Waals surface area (Å²) < 4.78 is 10.9. The van der Waals surface area contributed by atoms with Gasteiger partial charge in [0.15, 0.2) is 5.82 Å². The van der Waals surface area contributed by atoms with E-state index < -0.39 is 0 Å². The number of anilines is 4. The number of hydrogen-bond donors (Lipinski definition) is 2. The topological polar surface area (TPSA) is 91.9 Å². The van der Waals surface area contributed by atoms with Crippen molar-refractivity contribution in [2.75, 3.05) is 73.0 Å². The van der Waals surface area contributed by atoms with Gasteiger partial charge in [0, 0.05) is 60.6 Å². The SMILES string of the molecule is Cc1cnc(-c2ccc(NC(=O)Nc3ccc(N4CCOCC4)cc3)cc2)nc1N1CCOCC1. The summed E-state index contributed by atoms with van der Waals surface area (Å²) in [7, 11) is 0. The van der Waals surface area contributed by atoms with Gasteiger partial charge in [-0.1, -0.05) is 0 Å². The van der Waals surface area contributed by atoms with Crippen molar-refractivity contribution in [2.24, 2.45) is 0 Å². The van der Waals surface area contributed by atoms with Gasteiger partial charge in [0.2, 0.25) is 0 Å². The molecule has 9 heteroatoms. The minimum absolute atomic E-state index is 0.293. The molecule has 0 unspecified atom stereocenters. The van der Waals surface area contributed by atoms with Gasteiger partial charge in [-0.05, 0) is 55.5 Å². The highest BCUT2D eigenvalue weighted by molar-refractivity contribution is 5.99. The molecule has 2 amide bonds. The van der Waals surface area contributed by atoms with E-state index in [4.69, 9.17) is 14.5 Å². The maximum Gasteiger partial charge on any atom is 0.323 e. The number of urea groups is 1. The van der Waals surface area contributed by atoms with E-state index in [2.05, 4.69) is 25.4 Å². The fourth-order valence-electron chi connectivity index (χ4n) is 4.24. The number of nitrogens with one attached hydrogen (secondary N) is 2. The molecule has 0 aliphatic carbocycles. The van der Waals surface area contributed by atoms with Crippen molar-refractivity contribution in [3.05, 3.63) is 60.3 Å². The van der Waals surface area contributed by atoms with Crippen LogP contribution in [0.2, 0.25) is 0 Å². The van der Waals surface area contributed by atoms with E-state index in [-0.39, 0.29) is 6.03 Å². The maximum absolute atomic E-state index is 12.5. The molecule has 0 atom stereocenters. The Labute approximate surface area is 205 Å². The second-order valence-corrected chi connectivity index (χ2v) is 8.60. The summed E-state index contributed by atoms with van der Waals surface area (Å²) in [5.41, 5.74) is 4.49. The van der Waals surface area contributed by atoms with Crippen LogP contribution in [0.3, 0.4) is 0 Å². The molecule has 182 valence electrons. The Balaban J connectivity index is 1.20. The standard InChI is InChI=1S/C26H30N6O3/c1-19-18-27-24(30-25(19)32-12-16-35-17-13-32)20-2-4-21(5-3-20)28-26(33)29-22-6-8-23(9-7-22)31-10-14-34-15-11-31/h2-9,18H,10-17H2,1H3,(H2,28,29,33). The number of benzene rings is 2. The van der Waals surface area contributed by atoms with Crippen LogP contribution in [0.1, 0.15) is 5.56 Å². The fraction of sp³-hybridized carbons (Fsp3) is 0.346. The number of aromatic nitrogens is 2. The number of ether oxygens (including phenoxy) is 2. The molecule has 3 aromatic rings. The van der Waals surface area contributed by atoms with Crippen molar-refractivity contribution >= 4 is 28.9 Å². The third kappa shape index (κ3) is 5.70. The molecule has 2 aliphatic heterocycles. The van der Waals surface area contributed by atoms with Crippen molar-refractivity contribution < 1.29 is 14.3 Å². The first-order chi connectivity index (χ1) is 17.2. The smallest absolute Gasteiger partial charge is 0.323 e. The lowest BCUT2D eigenvalue weighted by Crippen LogP contribution is -2.37. The van der Waals surface area contributed by atoms with Gasteiger partial charge in [0.25, 0.3) is 0 Å². The van der Waals surface area contributed by atoms with E-state index in [1.165, 1.54) is 0 Å². The lowest BCUT2D eigenvalue weighted by Gasteiger charge is -2.29. The molecule has 5 rings (SSSR count). The van der Waals surface area contributed by atoms with E-state index in [0.717, 1.165) is 67.7 Å². The van der Waals surface area contributed by atoms with Crippen LogP contribution in [-0.2, 0) is 9.47 Å². The van der Waals surface area contributed by atoms with Crippen LogP contribution in [0.25, 0.3) is 11.4 Å². The Morgan fingerprint density at radius 1 is 0.800 bits per heavy atom. The Bertz CT molecular complexity index is 1140. The summed E-state index contributed by atoms with van der Waals surface area (Å²) in [5, 5.41) is 5.76.